The van der Waals surface area contributed by atoms with E-state index < -0.39 is 10.0 Å². The van der Waals surface area contributed by atoms with E-state index in [1.54, 1.807) is 11.8 Å². The third kappa shape index (κ3) is 3.78. The van der Waals surface area contributed by atoms with E-state index in [0.29, 0.717) is 22.2 Å². The Labute approximate surface area is 134 Å². The molecule has 116 valence electrons. The van der Waals surface area contributed by atoms with Crippen LogP contribution in [0.2, 0.25) is 0 Å². The number of thiophene rings is 1. The predicted octanol–water partition coefficient (Wildman–Crippen LogP) is 2.64. The van der Waals surface area contributed by atoms with Crippen molar-refractivity contribution >= 4 is 43.2 Å². The van der Waals surface area contributed by atoms with Crippen LogP contribution < -0.4 is 10.5 Å². The minimum Gasteiger partial charge on any atom is -0.326 e. The Balaban J connectivity index is 2.35. The lowest BCUT2D eigenvalue weighted by molar-refractivity contribution is 0.563. The second kappa shape index (κ2) is 7.11. The fourth-order valence-electron chi connectivity index (χ4n) is 2.17. The molecule has 0 fully saturated rings. The molecule has 4 nitrogen and oxygen atoms in total. The van der Waals surface area contributed by atoms with E-state index in [2.05, 4.69) is 4.72 Å². The first kappa shape index (κ1) is 16.8. The predicted molar refractivity (Wildman–Crippen MR) is 92.5 cm³/mol. The molecule has 2 aromatic rings. The summed E-state index contributed by atoms with van der Waals surface area (Å²) in [6.07, 6.45) is 2.02. The van der Waals surface area contributed by atoms with Gasteiger partial charge in [0.2, 0.25) is 10.0 Å². The van der Waals surface area contributed by atoms with Gasteiger partial charge in [-0.15, -0.1) is 11.3 Å². The minimum atomic E-state index is -3.53. The number of nitrogens with one attached hydrogen (secondary N) is 1. The van der Waals surface area contributed by atoms with Crippen molar-refractivity contribution in [3.8, 4) is 0 Å². The second-order valence-electron chi connectivity index (χ2n) is 4.97. The highest BCUT2D eigenvalue weighted by Crippen LogP contribution is 2.34. The van der Waals surface area contributed by atoms with Gasteiger partial charge in [0.1, 0.15) is 4.90 Å². The third-order valence-corrected chi connectivity index (χ3v) is 6.92. The van der Waals surface area contributed by atoms with Gasteiger partial charge in [0.05, 0.1) is 0 Å². The summed E-state index contributed by atoms with van der Waals surface area (Å²) < 4.78 is 28.9. The topological polar surface area (TPSA) is 72.2 Å². The largest absolute Gasteiger partial charge is 0.326 e. The summed E-state index contributed by atoms with van der Waals surface area (Å²) >= 11 is 3.16. The molecule has 0 saturated heterocycles. The van der Waals surface area contributed by atoms with Gasteiger partial charge in [-0.2, -0.15) is 11.8 Å². The average molecular weight is 345 g/mol. The van der Waals surface area contributed by atoms with Crippen molar-refractivity contribution in [2.75, 3.05) is 18.6 Å². The second-order valence-corrected chi connectivity index (χ2v) is 8.72. The molecule has 1 heterocycles. The summed E-state index contributed by atoms with van der Waals surface area (Å²) in [6, 6.07) is 7.52. The lowest BCUT2D eigenvalue weighted by atomic mass is 10.2. The average Bonchev–Trinajstić information content (AvgIpc) is 2.85. The SMILES string of the molecule is CSCC(C)CNS(=O)(=O)c1c(CN)sc2ccccc12. The molecule has 1 unspecified atom stereocenters. The van der Waals surface area contributed by atoms with Crippen LogP contribution in [0.5, 0.6) is 0 Å². The van der Waals surface area contributed by atoms with Crippen LogP contribution in [0.3, 0.4) is 0 Å². The van der Waals surface area contributed by atoms with Crippen LogP contribution in [0.1, 0.15) is 11.8 Å². The summed E-state index contributed by atoms with van der Waals surface area (Å²) in [5, 5.41) is 0.757. The maximum absolute atomic E-state index is 12.6. The molecule has 1 atom stereocenters. The van der Waals surface area contributed by atoms with Crippen molar-refractivity contribution in [3.05, 3.63) is 29.1 Å². The molecule has 0 aliphatic rings. The summed E-state index contributed by atoms with van der Waals surface area (Å²) in [7, 11) is -3.53. The normalized spacial score (nSPS) is 13.7. The Bertz CT molecular complexity index is 710. The Morgan fingerprint density at radius 1 is 1.38 bits per heavy atom. The molecule has 0 bridgehead atoms. The molecule has 0 saturated carbocycles. The molecule has 7 heteroatoms. The van der Waals surface area contributed by atoms with Crippen LogP contribution >= 0.6 is 23.1 Å². The van der Waals surface area contributed by atoms with Crippen LogP contribution in [0.4, 0.5) is 0 Å². The first-order chi connectivity index (χ1) is 9.99. The molecular weight excluding hydrogens is 324 g/mol. The summed E-state index contributed by atoms with van der Waals surface area (Å²) in [4.78, 5) is 1.06. The lowest BCUT2D eigenvalue weighted by Crippen LogP contribution is -2.29. The van der Waals surface area contributed by atoms with Gasteiger partial charge in [-0.05, 0) is 24.0 Å². The van der Waals surface area contributed by atoms with Gasteiger partial charge in [0, 0.05) is 28.1 Å². The molecule has 1 aromatic heterocycles. The van der Waals surface area contributed by atoms with Gasteiger partial charge in [-0.1, -0.05) is 25.1 Å². The fourth-order valence-corrected chi connectivity index (χ4v) is 5.85. The van der Waals surface area contributed by atoms with E-state index in [4.69, 9.17) is 5.73 Å². The summed E-state index contributed by atoms with van der Waals surface area (Å²) in [5.74, 6) is 1.22. The Kier molecular flexibility index (Phi) is 5.67. The molecule has 1 aromatic carbocycles. The van der Waals surface area contributed by atoms with Crippen molar-refractivity contribution in [2.24, 2.45) is 11.7 Å². The number of thioether (sulfide) groups is 1. The Morgan fingerprint density at radius 3 is 2.76 bits per heavy atom. The number of nitrogens with two attached hydrogens (primary N) is 1. The van der Waals surface area contributed by atoms with Gasteiger partial charge in [-0.3, -0.25) is 0 Å². The molecule has 3 N–H and O–H groups in total. The van der Waals surface area contributed by atoms with Gasteiger partial charge >= 0.3 is 0 Å². The van der Waals surface area contributed by atoms with Gasteiger partial charge in [0.25, 0.3) is 0 Å². The molecular formula is C14H20N2O2S3. The molecule has 0 aliphatic carbocycles. The quantitative estimate of drug-likeness (QED) is 0.810. The van der Waals surface area contributed by atoms with Gasteiger partial charge in [-0.25, -0.2) is 13.1 Å². The van der Waals surface area contributed by atoms with Crippen LogP contribution in [0.25, 0.3) is 10.1 Å². The van der Waals surface area contributed by atoms with Crippen molar-refractivity contribution in [1.29, 1.82) is 0 Å². The minimum absolute atomic E-state index is 0.232. The van der Waals surface area contributed by atoms with E-state index in [1.807, 2.05) is 37.4 Å². The first-order valence-corrected chi connectivity index (χ1v) is 10.4. The number of rotatable bonds is 7. The highest BCUT2D eigenvalue weighted by molar-refractivity contribution is 7.98. The maximum Gasteiger partial charge on any atom is 0.242 e. The van der Waals surface area contributed by atoms with Crippen molar-refractivity contribution in [1.82, 2.24) is 4.72 Å². The summed E-state index contributed by atoms with van der Waals surface area (Å²) in [6.45, 7) is 2.71. The lowest BCUT2D eigenvalue weighted by Gasteiger charge is -2.12. The van der Waals surface area contributed by atoms with Crippen LogP contribution in [0, 0.1) is 5.92 Å². The van der Waals surface area contributed by atoms with Crippen molar-refractivity contribution in [2.45, 2.75) is 18.4 Å². The zero-order valence-corrected chi connectivity index (χ0v) is 14.6. The van der Waals surface area contributed by atoms with Gasteiger partial charge < -0.3 is 5.73 Å². The number of hydrogen-bond acceptors (Lipinski definition) is 5. The van der Waals surface area contributed by atoms with E-state index in [9.17, 15) is 8.42 Å². The summed E-state index contributed by atoms with van der Waals surface area (Å²) in [5.41, 5.74) is 5.73. The van der Waals surface area contributed by atoms with Crippen LogP contribution in [-0.4, -0.2) is 27.0 Å². The standard InChI is InChI=1S/C14H20N2O2S3/c1-10(9-19-2)8-16-21(17,18)14-11-5-3-4-6-12(11)20-13(14)7-15/h3-6,10,16H,7-9,15H2,1-2H3. The highest BCUT2D eigenvalue weighted by atomic mass is 32.2. The number of fused-ring (bicyclic) bond motifs is 1. The smallest absolute Gasteiger partial charge is 0.242 e. The monoisotopic (exact) mass is 344 g/mol. The van der Waals surface area contributed by atoms with Crippen molar-refractivity contribution < 1.29 is 8.42 Å². The maximum atomic E-state index is 12.6. The van der Waals surface area contributed by atoms with E-state index in [0.717, 1.165) is 15.8 Å². The molecule has 0 radical (unpaired) electrons. The Morgan fingerprint density at radius 2 is 2.10 bits per heavy atom. The highest BCUT2D eigenvalue weighted by Gasteiger charge is 2.24. The molecule has 0 amide bonds. The number of hydrogen-bond donors (Lipinski definition) is 2. The van der Waals surface area contributed by atoms with E-state index >= 15 is 0 Å². The first-order valence-electron chi connectivity index (χ1n) is 6.68. The van der Waals surface area contributed by atoms with E-state index in [1.165, 1.54) is 11.3 Å². The third-order valence-electron chi connectivity index (χ3n) is 3.15. The van der Waals surface area contributed by atoms with Crippen molar-refractivity contribution in [3.63, 3.8) is 0 Å². The van der Waals surface area contributed by atoms with E-state index in [-0.39, 0.29) is 6.54 Å². The van der Waals surface area contributed by atoms with Crippen LogP contribution in [0.15, 0.2) is 29.2 Å². The number of benzene rings is 1. The number of sulfonamides is 1. The molecule has 0 spiro atoms. The molecule has 0 aliphatic heterocycles. The Hall–Kier alpha value is -0.600. The van der Waals surface area contributed by atoms with Gasteiger partial charge in [0.15, 0.2) is 0 Å². The fraction of sp³-hybridized carbons (Fsp3) is 0.429. The zero-order valence-electron chi connectivity index (χ0n) is 12.1. The molecule has 21 heavy (non-hydrogen) atoms. The molecule has 2 rings (SSSR count). The van der Waals surface area contributed by atoms with Crippen LogP contribution in [-0.2, 0) is 16.6 Å². The zero-order chi connectivity index (χ0) is 15.5.